The molecule has 1 saturated heterocycles. The number of hydrogen-bond donors (Lipinski definition) is 1. The van der Waals surface area contributed by atoms with Crippen LogP contribution in [0.5, 0.6) is 0 Å². The van der Waals surface area contributed by atoms with E-state index in [1.807, 2.05) is 13.0 Å². The monoisotopic (exact) mass is 236 g/mol. The molecule has 1 heterocycles. The first-order valence-corrected chi connectivity index (χ1v) is 6.17. The van der Waals surface area contributed by atoms with Crippen LogP contribution in [0.15, 0.2) is 18.2 Å². The predicted octanol–water partition coefficient (Wildman–Crippen LogP) is 2.71. The molecular weight excluding hydrogens is 215 g/mol. The molecule has 1 aliphatic heterocycles. The van der Waals surface area contributed by atoms with Gasteiger partial charge < -0.3 is 10.2 Å². The largest absolute Gasteiger partial charge is 0.366 e. The van der Waals surface area contributed by atoms with Crippen LogP contribution in [0.3, 0.4) is 0 Å². The number of piperazine rings is 1. The van der Waals surface area contributed by atoms with Crippen molar-refractivity contribution in [2.24, 2.45) is 0 Å². The first-order chi connectivity index (χ1) is 7.89. The predicted molar refractivity (Wildman–Crippen MR) is 70.0 cm³/mol. The summed E-state index contributed by atoms with van der Waals surface area (Å²) >= 11 is 0. The Bertz CT molecular complexity index is 415. The molecule has 0 amide bonds. The van der Waals surface area contributed by atoms with E-state index in [4.69, 9.17) is 0 Å². The van der Waals surface area contributed by atoms with Crippen molar-refractivity contribution >= 4 is 5.69 Å². The van der Waals surface area contributed by atoms with Gasteiger partial charge in [-0.2, -0.15) is 0 Å². The molecule has 17 heavy (non-hydrogen) atoms. The molecule has 0 spiro atoms. The van der Waals surface area contributed by atoms with E-state index in [-0.39, 0.29) is 11.4 Å². The lowest BCUT2D eigenvalue weighted by Crippen LogP contribution is -2.61. The van der Waals surface area contributed by atoms with Gasteiger partial charge in [-0.1, -0.05) is 0 Å². The minimum absolute atomic E-state index is 0.105. The van der Waals surface area contributed by atoms with Crippen LogP contribution in [-0.4, -0.2) is 24.7 Å². The Morgan fingerprint density at radius 1 is 1.41 bits per heavy atom. The molecule has 1 aromatic rings. The fourth-order valence-corrected chi connectivity index (χ4v) is 2.44. The molecule has 0 bridgehead atoms. The van der Waals surface area contributed by atoms with Crippen molar-refractivity contribution in [2.45, 2.75) is 39.3 Å². The maximum Gasteiger partial charge on any atom is 0.123 e. The molecule has 1 aliphatic rings. The number of nitrogens with one attached hydrogen (secondary N) is 1. The Kier molecular flexibility index (Phi) is 3.13. The lowest BCUT2D eigenvalue weighted by molar-refractivity contribution is 0.318. The highest BCUT2D eigenvalue weighted by Gasteiger charge is 2.30. The molecule has 1 atom stereocenters. The van der Waals surface area contributed by atoms with Crippen LogP contribution in [0.1, 0.15) is 26.3 Å². The summed E-state index contributed by atoms with van der Waals surface area (Å²) in [6.45, 7) is 10.5. The van der Waals surface area contributed by atoms with E-state index in [9.17, 15) is 4.39 Å². The zero-order valence-electron chi connectivity index (χ0n) is 11.0. The number of anilines is 1. The summed E-state index contributed by atoms with van der Waals surface area (Å²) in [6.07, 6.45) is 0. The number of rotatable bonds is 1. The molecule has 2 nitrogen and oxygen atoms in total. The normalized spacial score (nSPS) is 23.8. The fraction of sp³-hybridized carbons (Fsp3) is 0.571. The first-order valence-electron chi connectivity index (χ1n) is 6.17. The Labute approximate surface area is 103 Å². The maximum absolute atomic E-state index is 13.1. The van der Waals surface area contributed by atoms with Gasteiger partial charge in [0.1, 0.15) is 5.82 Å². The third-order valence-electron chi connectivity index (χ3n) is 3.44. The van der Waals surface area contributed by atoms with Gasteiger partial charge in [0.05, 0.1) is 0 Å². The number of aryl methyl sites for hydroxylation is 1. The Morgan fingerprint density at radius 2 is 2.12 bits per heavy atom. The molecule has 1 fully saturated rings. The van der Waals surface area contributed by atoms with Gasteiger partial charge in [0.25, 0.3) is 0 Å². The van der Waals surface area contributed by atoms with Gasteiger partial charge in [-0.15, -0.1) is 0 Å². The molecular formula is C14H21FN2. The van der Waals surface area contributed by atoms with Crippen LogP contribution in [0.2, 0.25) is 0 Å². The molecule has 0 saturated carbocycles. The summed E-state index contributed by atoms with van der Waals surface area (Å²) in [5.41, 5.74) is 2.26. The van der Waals surface area contributed by atoms with Gasteiger partial charge in [-0.25, -0.2) is 4.39 Å². The summed E-state index contributed by atoms with van der Waals surface area (Å²) in [6, 6.07) is 5.48. The summed E-state index contributed by atoms with van der Waals surface area (Å²) in [7, 11) is 0. The van der Waals surface area contributed by atoms with Crippen LogP contribution in [0.4, 0.5) is 10.1 Å². The second kappa shape index (κ2) is 4.30. The lowest BCUT2D eigenvalue weighted by Gasteiger charge is -2.45. The van der Waals surface area contributed by atoms with E-state index in [0.717, 1.165) is 24.3 Å². The van der Waals surface area contributed by atoms with E-state index >= 15 is 0 Å². The van der Waals surface area contributed by atoms with Crippen LogP contribution in [-0.2, 0) is 0 Å². The van der Waals surface area contributed by atoms with Gasteiger partial charge in [0, 0.05) is 30.4 Å². The highest BCUT2D eigenvalue weighted by molar-refractivity contribution is 5.54. The van der Waals surface area contributed by atoms with Crippen molar-refractivity contribution < 1.29 is 4.39 Å². The van der Waals surface area contributed by atoms with Crippen LogP contribution >= 0.6 is 0 Å². The van der Waals surface area contributed by atoms with E-state index in [1.165, 1.54) is 0 Å². The number of benzene rings is 1. The van der Waals surface area contributed by atoms with Gasteiger partial charge in [0.2, 0.25) is 0 Å². The highest BCUT2D eigenvalue weighted by Crippen LogP contribution is 2.26. The van der Waals surface area contributed by atoms with Crippen LogP contribution in [0, 0.1) is 12.7 Å². The zero-order valence-corrected chi connectivity index (χ0v) is 11.0. The van der Waals surface area contributed by atoms with E-state index < -0.39 is 0 Å². The average Bonchev–Trinajstić information content (AvgIpc) is 2.22. The molecule has 1 aromatic carbocycles. The highest BCUT2D eigenvalue weighted by atomic mass is 19.1. The smallest absolute Gasteiger partial charge is 0.123 e. The molecule has 1 unspecified atom stereocenters. The quantitative estimate of drug-likeness (QED) is 0.806. The van der Waals surface area contributed by atoms with Crippen LogP contribution in [0.25, 0.3) is 0 Å². The maximum atomic E-state index is 13.1. The van der Waals surface area contributed by atoms with Gasteiger partial charge in [-0.3, -0.25) is 0 Å². The molecule has 0 aliphatic carbocycles. The number of halogens is 1. The van der Waals surface area contributed by atoms with Crippen molar-refractivity contribution in [3.05, 3.63) is 29.6 Å². The summed E-state index contributed by atoms with van der Waals surface area (Å²) in [5, 5.41) is 3.52. The van der Waals surface area contributed by atoms with Crippen molar-refractivity contribution in [3.8, 4) is 0 Å². The van der Waals surface area contributed by atoms with E-state index in [2.05, 4.69) is 31.0 Å². The second-order valence-corrected chi connectivity index (χ2v) is 5.67. The van der Waals surface area contributed by atoms with Gasteiger partial charge in [0.15, 0.2) is 0 Å². The van der Waals surface area contributed by atoms with Crippen molar-refractivity contribution in [1.82, 2.24) is 5.32 Å². The second-order valence-electron chi connectivity index (χ2n) is 5.67. The molecule has 0 aromatic heterocycles. The molecule has 0 radical (unpaired) electrons. The zero-order chi connectivity index (χ0) is 12.6. The summed E-state index contributed by atoms with van der Waals surface area (Å²) < 4.78 is 13.1. The third-order valence-corrected chi connectivity index (χ3v) is 3.44. The standard InChI is InChI=1S/C14H21FN2/c1-10-7-12(15)5-6-13(10)17-9-14(3,4)16-8-11(17)2/h5-7,11,16H,8-9H2,1-4H3. The minimum Gasteiger partial charge on any atom is -0.366 e. The fourth-order valence-electron chi connectivity index (χ4n) is 2.44. The van der Waals surface area contributed by atoms with E-state index in [1.54, 1.807) is 12.1 Å². The van der Waals surface area contributed by atoms with Gasteiger partial charge in [-0.05, 0) is 51.5 Å². The number of nitrogens with zero attached hydrogens (tertiary/aromatic N) is 1. The third kappa shape index (κ3) is 2.60. The Morgan fingerprint density at radius 3 is 2.76 bits per heavy atom. The van der Waals surface area contributed by atoms with Crippen molar-refractivity contribution in [3.63, 3.8) is 0 Å². The molecule has 94 valence electrons. The molecule has 1 N–H and O–H groups in total. The number of hydrogen-bond acceptors (Lipinski definition) is 2. The minimum atomic E-state index is -0.159. The molecule has 2 rings (SSSR count). The van der Waals surface area contributed by atoms with Gasteiger partial charge >= 0.3 is 0 Å². The SMILES string of the molecule is Cc1cc(F)ccc1N1CC(C)(C)NCC1C. The topological polar surface area (TPSA) is 15.3 Å². The molecule has 3 heteroatoms. The Balaban J connectivity index is 2.31. The average molecular weight is 236 g/mol. The first kappa shape index (κ1) is 12.4. The van der Waals surface area contributed by atoms with Crippen LogP contribution < -0.4 is 10.2 Å². The summed E-state index contributed by atoms with van der Waals surface area (Å²) in [5.74, 6) is -0.159. The van der Waals surface area contributed by atoms with Crippen molar-refractivity contribution in [2.75, 3.05) is 18.0 Å². The Hall–Kier alpha value is -1.09. The lowest BCUT2D eigenvalue weighted by atomic mass is 9.97. The summed E-state index contributed by atoms with van der Waals surface area (Å²) in [4.78, 5) is 2.37. The van der Waals surface area contributed by atoms with Crippen molar-refractivity contribution in [1.29, 1.82) is 0 Å². The van der Waals surface area contributed by atoms with E-state index in [0.29, 0.717) is 6.04 Å².